The van der Waals surface area contributed by atoms with Crippen LogP contribution in [0.5, 0.6) is 0 Å². The summed E-state index contributed by atoms with van der Waals surface area (Å²) in [7, 11) is 0. The number of anilines is 1. The Bertz CT molecular complexity index is 1080. The molecule has 1 saturated heterocycles. The molecule has 1 aliphatic heterocycles. The van der Waals surface area contributed by atoms with E-state index >= 15 is 0 Å². The first-order chi connectivity index (χ1) is 14.8. The van der Waals surface area contributed by atoms with Crippen molar-refractivity contribution in [2.75, 3.05) is 18.0 Å². The largest absolute Gasteiger partial charge is 0.598 e. The van der Waals surface area contributed by atoms with Crippen LogP contribution in [0.1, 0.15) is 38.3 Å². The van der Waals surface area contributed by atoms with Gasteiger partial charge in [-0.3, -0.25) is 4.40 Å². The molecule has 3 aromatic rings. The molecule has 1 N–H and O–H groups in total. The zero-order valence-corrected chi connectivity index (χ0v) is 19.9. The van der Waals surface area contributed by atoms with E-state index in [1.165, 1.54) is 11.1 Å². The van der Waals surface area contributed by atoms with Crippen molar-refractivity contribution in [3.63, 3.8) is 0 Å². The normalized spacial score (nSPS) is 21.6. The summed E-state index contributed by atoms with van der Waals surface area (Å²) in [5.74, 6) is 0.865. The summed E-state index contributed by atoms with van der Waals surface area (Å²) >= 11 is 3.35. The van der Waals surface area contributed by atoms with Gasteiger partial charge in [0, 0.05) is 48.5 Å². The van der Waals surface area contributed by atoms with Gasteiger partial charge in [-0.2, -0.15) is 0 Å². The summed E-state index contributed by atoms with van der Waals surface area (Å²) in [6.07, 6.45) is 8.55. The third-order valence-electron chi connectivity index (χ3n) is 6.70. The van der Waals surface area contributed by atoms with Crippen LogP contribution >= 0.6 is 12.6 Å². The number of hydrogen-bond acceptors (Lipinski definition) is 6. The van der Waals surface area contributed by atoms with Crippen LogP contribution in [0.3, 0.4) is 0 Å². The minimum Gasteiger partial charge on any atom is -0.598 e. The molecule has 2 aromatic heterocycles. The molecule has 1 spiro atoms. The van der Waals surface area contributed by atoms with E-state index in [1.807, 2.05) is 31.4 Å². The standard InChI is InChI=1S/C23H29N5OS2/c1-22(2,3)31(29)26-19-15-27(21-25-14-18(30)20-24-9-11-28(20)21)10-8-23(19)12-16-6-4-5-7-17(16)13-23/h4-7,9,11,14,19,26,30H,8,10,12-13,15H2,1-3H3. The van der Waals surface area contributed by atoms with Crippen molar-refractivity contribution in [3.05, 3.63) is 54.0 Å². The first kappa shape index (κ1) is 21.1. The van der Waals surface area contributed by atoms with Gasteiger partial charge >= 0.3 is 0 Å². The number of rotatable bonds is 3. The van der Waals surface area contributed by atoms with Crippen LogP contribution in [0.4, 0.5) is 5.95 Å². The van der Waals surface area contributed by atoms with E-state index in [4.69, 9.17) is 0 Å². The summed E-state index contributed by atoms with van der Waals surface area (Å²) in [6.45, 7) is 7.72. The van der Waals surface area contributed by atoms with Crippen molar-refractivity contribution in [2.45, 2.75) is 55.7 Å². The van der Waals surface area contributed by atoms with Crippen molar-refractivity contribution in [1.29, 1.82) is 0 Å². The van der Waals surface area contributed by atoms with Gasteiger partial charge in [0.1, 0.15) is 4.75 Å². The lowest BCUT2D eigenvalue weighted by molar-refractivity contribution is 0.179. The van der Waals surface area contributed by atoms with Gasteiger partial charge in [0.05, 0.1) is 10.9 Å². The maximum atomic E-state index is 13.1. The van der Waals surface area contributed by atoms with Gasteiger partial charge in [-0.15, -0.1) is 17.4 Å². The number of benzene rings is 1. The Balaban J connectivity index is 1.48. The highest BCUT2D eigenvalue weighted by molar-refractivity contribution is 7.90. The molecule has 1 aliphatic carbocycles. The van der Waals surface area contributed by atoms with Crippen molar-refractivity contribution in [3.8, 4) is 0 Å². The highest BCUT2D eigenvalue weighted by Crippen LogP contribution is 2.45. The highest BCUT2D eigenvalue weighted by Gasteiger charge is 2.49. The van der Waals surface area contributed by atoms with E-state index in [2.05, 4.69) is 56.5 Å². The lowest BCUT2D eigenvalue weighted by Gasteiger charge is -2.46. The van der Waals surface area contributed by atoms with Gasteiger partial charge < -0.3 is 9.45 Å². The highest BCUT2D eigenvalue weighted by atomic mass is 32.2. The predicted octanol–water partition coefficient (Wildman–Crippen LogP) is 3.43. The molecule has 31 heavy (non-hydrogen) atoms. The molecule has 0 saturated carbocycles. The van der Waals surface area contributed by atoms with Crippen molar-refractivity contribution in [2.24, 2.45) is 5.41 Å². The molecule has 0 amide bonds. The van der Waals surface area contributed by atoms with Crippen molar-refractivity contribution < 1.29 is 4.55 Å². The number of piperidine rings is 1. The summed E-state index contributed by atoms with van der Waals surface area (Å²) in [4.78, 5) is 12.2. The molecular weight excluding hydrogens is 426 g/mol. The molecule has 1 fully saturated rings. The zero-order valence-electron chi connectivity index (χ0n) is 18.2. The van der Waals surface area contributed by atoms with E-state index in [0.29, 0.717) is 0 Å². The Morgan fingerprint density at radius 2 is 1.90 bits per heavy atom. The molecule has 2 unspecified atom stereocenters. The quantitative estimate of drug-likeness (QED) is 0.468. The molecule has 5 rings (SSSR count). The molecule has 2 atom stereocenters. The van der Waals surface area contributed by atoms with Crippen molar-refractivity contribution in [1.82, 2.24) is 19.1 Å². The first-order valence-electron chi connectivity index (χ1n) is 10.8. The van der Waals surface area contributed by atoms with Crippen LogP contribution < -0.4 is 9.62 Å². The van der Waals surface area contributed by atoms with Gasteiger partial charge in [0.2, 0.25) is 5.95 Å². The van der Waals surface area contributed by atoms with Crippen molar-refractivity contribution >= 4 is 35.6 Å². The Morgan fingerprint density at radius 3 is 2.58 bits per heavy atom. The Kier molecular flexibility index (Phi) is 5.24. The van der Waals surface area contributed by atoms with Crippen LogP contribution in [-0.2, 0) is 24.2 Å². The monoisotopic (exact) mass is 455 g/mol. The average Bonchev–Trinajstić information content (AvgIpc) is 3.35. The third-order valence-corrected chi connectivity index (χ3v) is 8.63. The topological polar surface area (TPSA) is 68.5 Å². The molecule has 6 nitrogen and oxygen atoms in total. The fourth-order valence-electron chi connectivity index (χ4n) is 4.96. The van der Waals surface area contributed by atoms with Crippen LogP contribution in [0.15, 0.2) is 47.8 Å². The number of fused-ring (bicyclic) bond motifs is 2. The maximum absolute atomic E-state index is 13.1. The van der Waals surface area contributed by atoms with Gasteiger partial charge in [-0.05, 0) is 51.2 Å². The number of aromatic nitrogens is 3. The van der Waals surface area contributed by atoms with Gasteiger partial charge in [0.25, 0.3) is 0 Å². The van der Waals surface area contributed by atoms with E-state index in [1.54, 1.807) is 12.4 Å². The Morgan fingerprint density at radius 1 is 1.19 bits per heavy atom. The second-order valence-corrected chi connectivity index (χ2v) is 12.3. The summed E-state index contributed by atoms with van der Waals surface area (Å²) < 4.78 is 18.4. The number of hydrogen-bond donors (Lipinski definition) is 2. The molecular formula is C23H29N5OS2. The summed E-state index contributed by atoms with van der Waals surface area (Å²) in [5.41, 5.74) is 3.74. The number of thiol groups is 1. The molecule has 2 aliphatic rings. The number of nitrogens with zero attached hydrogens (tertiary/aromatic N) is 4. The Labute approximate surface area is 192 Å². The first-order valence-corrected chi connectivity index (χ1v) is 12.4. The number of imidazole rings is 1. The summed E-state index contributed by atoms with van der Waals surface area (Å²) in [5, 5.41) is 0. The SMILES string of the molecule is CC(C)(C)[S+]([O-])NC1CN(c2ncc(S)c3nccn23)CCC12Cc1ccccc1C2. The lowest BCUT2D eigenvalue weighted by Crippen LogP contribution is -2.61. The molecule has 0 bridgehead atoms. The van der Waals surface area contributed by atoms with E-state index in [9.17, 15) is 4.55 Å². The van der Waals surface area contributed by atoms with E-state index in [-0.39, 0.29) is 16.2 Å². The van der Waals surface area contributed by atoms with Crippen LogP contribution in [0.2, 0.25) is 0 Å². The maximum Gasteiger partial charge on any atom is 0.211 e. The molecule has 1 aromatic carbocycles. The minimum absolute atomic E-state index is 0.0681. The second kappa shape index (κ2) is 7.69. The smallest absolute Gasteiger partial charge is 0.211 e. The second-order valence-electron chi connectivity index (χ2n) is 9.80. The predicted molar refractivity (Wildman–Crippen MR) is 128 cm³/mol. The fourth-order valence-corrected chi connectivity index (χ4v) is 6.12. The van der Waals surface area contributed by atoms with Crippen LogP contribution in [0, 0.1) is 5.41 Å². The average molecular weight is 456 g/mol. The Hall–Kier alpha value is -1.74. The van der Waals surface area contributed by atoms with Crippen LogP contribution in [-0.4, -0.2) is 42.8 Å². The van der Waals surface area contributed by atoms with E-state index in [0.717, 1.165) is 48.8 Å². The molecule has 164 valence electrons. The van der Waals surface area contributed by atoms with Crippen LogP contribution in [0.25, 0.3) is 5.65 Å². The molecule has 8 heteroatoms. The molecule has 3 heterocycles. The van der Waals surface area contributed by atoms with Gasteiger partial charge in [-0.25, -0.2) is 9.97 Å². The lowest BCUT2D eigenvalue weighted by atomic mass is 9.72. The number of nitrogens with one attached hydrogen (secondary N) is 1. The fraction of sp³-hybridized carbons (Fsp3) is 0.478. The zero-order chi connectivity index (χ0) is 21.8. The van der Waals surface area contributed by atoms with E-state index < -0.39 is 11.4 Å². The summed E-state index contributed by atoms with van der Waals surface area (Å²) in [6, 6.07) is 8.83. The van der Waals surface area contributed by atoms with Gasteiger partial charge in [0.15, 0.2) is 5.65 Å². The molecule has 0 radical (unpaired) electrons. The third kappa shape index (κ3) is 3.73. The van der Waals surface area contributed by atoms with Gasteiger partial charge in [-0.1, -0.05) is 24.3 Å². The minimum atomic E-state index is -1.15.